The van der Waals surface area contributed by atoms with E-state index in [-0.39, 0.29) is 36.7 Å². The van der Waals surface area contributed by atoms with Gasteiger partial charge >= 0.3 is 13.5 Å². The first kappa shape index (κ1) is 30.3. The highest BCUT2D eigenvalue weighted by Gasteiger charge is 2.51. The van der Waals surface area contributed by atoms with Gasteiger partial charge in [0, 0.05) is 24.8 Å². The number of imidazole rings is 2. The molecule has 4 aromatic rings. The molecule has 1 saturated carbocycles. The maximum absolute atomic E-state index is 16.1. The Morgan fingerprint density at radius 1 is 1.18 bits per heavy atom. The number of nitrogens with two attached hydrogens (primary N) is 1. The second-order valence-electron chi connectivity index (χ2n) is 10.7. The van der Waals surface area contributed by atoms with E-state index in [0.717, 1.165) is 5.56 Å². The number of primary amides is 1. The molecule has 6 heterocycles. The Bertz CT molecular complexity index is 1850. The number of amides is 1. The van der Waals surface area contributed by atoms with Crippen molar-refractivity contribution in [1.82, 2.24) is 28.9 Å². The van der Waals surface area contributed by atoms with Gasteiger partial charge in [0.1, 0.15) is 23.4 Å². The van der Waals surface area contributed by atoms with Crippen molar-refractivity contribution in [2.24, 2.45) is 17.6 Å². The van der Waals surface area contributed by atoms with Crippen molar-refractivity contribution < 1.29 is 41.5 Å². The number of aromatic nitrogens is 6. The lowest BCUT2D eigenvalue weighted by atomic mass is 9.63. The van der Waals surface area contributed by atoms with Gasteiger partial charge in [0.25, 0.3) is 5.91 Å². The van der Waals surface area contributed by atoms with Crippen molar-refractivity contribution in [3.05, 3.63) is 54.5 Å². The molecule has 0 aromatic carbocycles. The second kappa shape index (κ2) is 11.5. The van der Waals surface area contributed by atoms with Gasteiger partial charge in [-0.25, -0.2) is 18.9 Å². The number of hydrogen-bond acceptors (Lipinski definition) is 12. The number of pyridine rings is 1. The Morgan fingerprint density at radius 3 is 2.82 bits per heavy atom. The molecule has 0 spiro atoms. The van der Waals surface area contributed by atoms with Crippen LogP contribution in [0.3, 0.4) is 0 Å². The van der Waals surface area contributed by atoms with E-state index in [2.05, 4.69) is 32.2 Å². The van der Waals surface area contributed by atoms with Crippen molar-refractivity contribution in [1.29, 1.82) is 0 Å². The summed E-state index contributed by atoms with van der Waals surface area (Å²) in [6.07, 6.45) is 2.48. The first-order chi connectivity index (χ1) is 21.0. The molecular weight excluding hydrogens is 659 g/mol. The minimum absolute atomic E-state index is 0.0390. The number of ether oxygens (including phenoxy) is 1. The Morgan fingerprint density at radius 2 is 2.00 bits per heavy atom. The van der Waals surface area contributed by atoms with Crippen LogP contribution in [0.2, 0.25) is 0 Å². The van der Waals surface area contributed by atoms with Crippen LogP contribution in [-0.2, 0) is 39.2 Å². The lowest BCUT2D eigenvalue weighted by Gasteiger charge is -2.45. The van der Waals surface area contributed by atoms with E-state index < -0.39 is 50.6 Å². The minimum Gasteiger partial charge on any atom is -0.364 e. The highest BCUT2D eigenvalue weighted by Crippen LogP contribution is 2.58. The van der Waals surface area contributed by atoms with Gasteiger partial charge in [0.2, 0.25) is 5.78 Å². The molecule has 234 valence electrons. The number of carbonyl (C=O) groups is 1. The van der Waals surface area contributed by atoms with E-state index in [4.69, 9.17) is 40.4 Å². The Balaban J connectivity index is 1.12. The van der Waals surface area contributed by atoms with Crippen LogP contribution in [0.25, 0.3) is 16.9 Å². The standard InChI is InChI=1S/C24H26FN7O8P2S2/c25-19-20-18(39-23(19)31-7-17-22(29-11-31)30-24-28-3-4-32(17)24)10-38-41(34,43)37-9-15-13(8-36-42(35,44)40-20)5-14(15)12-1-2-27-16(6-12)21(26)33/h1-4,6-7,11,13-15,18-20,23H,5,8-10H2,(H2,26,33)(H,34,43)(H,35,44)/t13-,14+,15-,18-,19-,20-,23-,41?,42?/m1/s1. The molecule has 2 saturated heterocycles. The second-order valence-corrected chi connectivity index (χ2v) is 16.5. The molecule has 0 bridgehead atoms. The lowest BCUT2D eigenvalue weighted by molar-refractivity contribution is -0.0431. The summed E-state index contributed by atoms with van der Waals surface area (Å²) in [6.45, 7) is -8.51. The van der Waals surface area contributed by atoms with E-state index in [1.165, 1.54) is 17.1 Å². The lowest BCUT2D eigenvalue weighted by Crippen LogP contribution is -2.40. The van der Waals surface area contributed by atoms with Crippen LogP contribution in [0, 0.1) is 11.8 Å². The van der Waals surface area contributed by atoms with E-state index >= 15 is 4.39 Å². The van der Waals surface area contributed by atoms with Gasteiger partial charge in [0.05, 0.1) is 26.1 Å². The summed E-state index contributed by atoms with van der Waals surface area (Å²) in [7, 11) is 0. The highest BCUT2D eigenvalue weighted by atomic mass is 32.7. The largest absolute Gasteiger partial charge is 0.386 e. The van der Waals surface area contributed by atoms with E-state index in [1.54, 1.807) is 35.1 Å². The molecule has 2 unspecified atom stereocenters. The third-order valence-electron chi connectivity index (χ3n) is 8.14. The Hall–Kier alpha value is -2.37. The SMILES string of the molecule is NC(=O)c1cc([C@@H]2C[C@@H]3COP(O)(=S)O[C@H]4[C@@H](F)[C@H](n5cnc6nc7nccn7c6c5)O[C@@H]4COP(=O)(S)OC[C@H]32)ccn1. The van der Waals surface area contributed by atoms with Crippen LogP contribution in [0.1, 0.15) is 34.6 Å². The van der Waals surface area contributed by atoms with Crippen molar-refractivity contribution >= 4 is 60.4 Å². The van der Waals surface area contributed by atoms with Gasteiger partial charge in [-0.1, -0.05) is 12.2 Å². The van der Waals surface area contributed by atoms with Crippen molar-refractivity contribution in [2.75, 3.05) is 19.8 Å². The molecular formula is C24H26FN7O8P2S2. The van der Waals surface area contributed by atoms with E-state index in [1.807, 2.05) is 0 Å². The molecule has 9 atom stereocenters. The summed E-state index contributed by atoms with van der Waals surface area (Å²) in [4.78, 5) is 39.3. The van der Waals surface area contributed by atoms with Gasteiger partial charge in [0.15, 0.2) is 18.0 Å². The quantitative estimate of drug-likeness (QED) is 0.211. The fraction of sp³-hybridized carbons (Fsp3) is 0.458. The summed E-state index contributed by atoms with van der Waals surface area (Å²) in [5, 5.41) is 0. The molecule has 1 amide bonds. The molecule has 0 radical (unpaired) electrons. The Kier molecular flexibility index (Phi) is 7.89. The number of alkyl halides is 1. The zero-order chi connectivity index (χ0) is 30.8. The van der Waals surface area contributed by atoms with Crippen LogP contribution in [0.4, 0.5) is 4.39 Å². The smallest absolute Gasteiger partial charge is 0.364 e. The van der Waals surface area contributed by atoms with Gasteiger partial charge < -0.3 is 29.0 Å². The predicted octanol–water partition coefficient (Wildman–Crippen LogP) is 2.93. The zero-order valence-electron chi connectivity index (χ0n) is 22.6. The molecule has 4 aromatic heterocycles. The summed E-state index contributed by atoms with van der Waals surface area (Å²) in [5.41, 5.74) is 7.24. The zero-order valence-corrected chi connectivity index (χ0v) is 26.1. The van der Waals surface area contributed by atoms with Crippen LogP contribution in [0.15, 0.2) is 43.2 Å². The maximum atomic E-state index is 16.1. The van der Waals surface area contributed by atoms with Crippen molar-refractivity contribution in [3.8, 4) is 0 Å². The summed E-state index contributed by atoms with van der Waals surface area (Å²) < 4.78 is 60.9. The van der Waals surface area contributed by atoms with Gasteiger partial charge in [-0.05, 0) is 53.7 Å². The minimum atomic E-state index is -4.00. The summed E-state index contributed by atoms with van der Waals surface area (Å²) in [5.74, 6) is -0.865. The van der Waals surface area contributed by atoms with Crippen LogP contribution in [-0.4, -0.2) is 77.9 Å². The van der Waals surface area contributed by atoms with E-state index in [0.29, 0.717) is 23.4 Å². The molecule has 44 heavy (non-hydrogen) atoms. The maximum Gasteiger partial charge on any atom is 0.386 e. The molecule has 7 rings (SSSR count). The first-order valence-electron chi connectivity index (χ1n) is 13.5. The molecule has 20 heteroatoms. The number of fused-ring (bicyclic) bond motifs is 5. The predicted molar refractivity (Wildman–Crippen MR) is 158 cm³/mol. The van der Waals surface area contributed by atoms with E-state index in [9.17, 15) is 14.3 Å². The number of nitrogens with zero attached hydrogens (tertiary/aromatic N) is 6. The summed E-state index contributed by atoms with van der Waals surface area (Å²) >= 11 is 9.40. The monoisotopic (exact) mass is 685 g/mol. The Labute approximate surface area is 259 Å². The van der Waals surface area contributed by atoms with Crippen molar-refractivity contribution in [3.63, 3.8) is 0 Å². The number of hydrogen-bond donors (Lipinski definition) is 3. The van der Waals surface area contributed by atoms with Gasteiger partial charge in [-0.15, -0.1) is 0 Å². The third-order valence-corrected chi connectivity index (χ3v) is 11.3. The number of thiol groups is 1. The average Bonchev–Trinajstić information content (AvgIpc) is 3.64. The molecule has 3 aliphatic rings. The fourth-order valence-corrected chi connectivity index (χ4v) is 8.53. The number of halogens is 1. The normalized spacial score (nSPS) is 36.5. The van der Waals surface area contributed by atoms with Crippen LogP contribution < -0.4 is 5.73 Å². The molecule has 3 fully saturated rings. The molecule has 2 aliphatic heterocycles. The first-order valence-corrected chi connectivity index (χ1v) is 18.8. The number of carbonyl (C=O) groups excluding carboxylic acids is 1. The van der Waals surface area contributed by atoms with Crippen LogP contribution in [0.5, 0.6) is 0 Å². The average molecular weight is 686 g/mol. The highest BCUT2D eigenvalue weighted by molar-refractivity contribution is 8.44. The third kappa shape index (κ3) is 5.73. The summed E-state index contributed by atoms with van der Waals surface area (Å²) in [6, 6.07) is 3.34. The van der Waals surface area contributed by atoms with Gasteiger partial charge in [-0.2, -0.15) is 4.98 Å². The molecule has 3 N–H and O–H groups in total. The molecule has 1 aliphatic carbocycles. The topological polar surface area (TPSA) is 187 Å². The van der Waals surface area contributed by atoms with Crippen molar-refractivity contribution in [2.45, 2.75) is 36.9 Å². The van der Waals surface area contributed by atoms with Gasteiger partial charge in [-0.3, -0.25) is 23.2 Å². The number of rotatable bonds is 3. The molecule has 15 nitrogen and oxygen atoms in total. The fourth-order valence-electron chi connectivity index (χ4n) is 5.88. The van der Waals surface area contributed by atoms with Crippen LogP contribution >= 0.6 is 25.8 Å².